The van der Waals surface area contributed by atoms with Crippen molar-refractivity contribution in [2.24, 2.45) is 0 Å². The van der Waals surface area contributed by atoms with Crippen LogP contribution in [-0.4, -0.2) is 32.9 Å². The molecule has 0 saturated carbocycles. The molecule has 0 spiro atoms. The summed E-state index contributed by atoms with van der Waals surface area (Å²) in [6.45, 7) is 6.45. The van der Waals surface area contributed by atoms with Crippen molar-refractivity contribution in [1.82, 2.24) is 14.7 Å². The molecule has 1 aromatic heterocycles. The molecule has 1 aliphatic rings. The van der Waals surface area contributed by atoms with Gasteiger partial charge < -0.3 is 9.84 Å². The van der Waals surface area contributed by atoms with E-state index < -0.39 is 0 Å². The molecule has 5 heteroatoms. The van der Waals surface area contributed by atoms with Crippen molar-refractivity contribution < 1.29 is 9.84 Å². The highest BCUT2D eigenvalue weighted by Gasteiger charge is 2.26. The highest BCUT2D eigenvalue weighted by Crippen LogP contribution is 2.33. The Bertz CT molecular complexity index is 945. The van der Waals surface area contributed by atoms with Crippen molar-refractivity contribution in [2.45, 2.75) is 39.6 Å². The molecule has 0 atom stereocenters. The molecule has 27 heavy (non-hydrogen) atoms. The summed E-state index contributed by atoms with van der Waals surface area (Å²) >= 11 is 0. The molecule has 140 valence electrons. The zero-order valence-electron chi connectivity index (χ0n) is 16.0. The Morgan fingerprint density at radius 2 is 1.89 bits per heavy atom. The third-order valence-corrected chi connectivity index (χ3v) is 4.72. The van der Waals surface area contributed by atoms with E-state index in [1.165, 1.54) is 5.56 Å². The van der Waals surface area contributed by atoms with Crippen LogP contribution in [0.5, 0.6) is 11.5 Å². The van der Waals surface area contributed by atoms with Crippen LogP contribution >= 0.6 is 0 Å². The number of phenolic OH excluding ortho intramolecular Hbond substituents is 1. The average molecular weight is 363 g/mol. The van der Waals surface area contributed by atoms with E-state index in [1.807, 2.05) is 38.1 Å². The van der Waals surface area contributed by atoms with Gasteiger partial charge in [0.25, 0.3) is 0 Å². The highest BCUT2D eigenvalue weighted by molar-refractivity contribution is 5.66. The predicted octanol–water partition coefficient (Wildman–Crippen LogP) is 4.04. The van der Waals surface area contributed by atoms with E-state index in [1.54, 1.807) is 12.1 Å². The normalized spacial score (nSPS) is 13.9. The van der Waals surface area contributed by atoms with E-state index in [2.05, 4.69) is 28.8 Å². The maximum atomic E-state index is 9.78. The topological polar surface area (TPSA) is 50.5 Å². The van der Waals surface area contributed by atoms with E-state index >= 15 is 0 Å². The van der Waals surface area contributed by atoms with Gasteiger partial charge in [-0.1, -0.05) is 12.1 Å². The lowest BCUT2D eigenvalue weighted by molar-refractivity contribution is 0.242. The molecular formula is C22H25N3O2. The number of rotatable bonds is 5. The summed E-state index contributed by atoms with van der Waals surface area (Å²) in [5, 5.41) is 14.7. The first-order valence-corrected chi connectivity index (χ1v) is 9.31. The number of aromatic nitrogens is 2. The summed E-state index contributed by atoms with van der Waals surface area (Å²) in [6.07, 6.45) is 0.157. The third-order valence-electron chi connectivity index (χ3n) is 4.72. The maximum Gasteiger partial charge on any atom is 0.119 e. The van der Waals surface area contributed by atoms with Gasteiger partial charge in [0.15, 0.2) is 0 Å². The quantitative estimate of drug-likeness (QED) is 0.743. The summed E-state index contributed by atoms with van der Waals surface area (Å²) in [7, 11) is 2.12. The lowest BCUT2D eigenvalue weighted by Gasteiger charge is -2.14. The van der Waals surface area contributed by atoms with Crippen molar-refractivity contribution in [3.8, 4) is 22.8 Å². The SMILES string of the molecule is CC(C)Oc1ccc(-c2c3c(nn2Cc2cccc(O)c2)CN(C)C3)cc1. The molecule has 0 amide bonds. The van der Waals surface area contributed by atoms with Gasteiger partial charge >= 0.3 is 0 Å². The van der Waals surface area contributed by atoms with Crippen LogP contribution in [0, 0.1) is 0 Å². The van der Waals surface area contributed by atoms with Crippen LogP contribution in [0.3, 0.4) is 0 Å². The molecule has 4 rings (SSSR count). The fraction of sp³-hybridized carbons (Fsp3) is 0.318. The Morgan fingerprint density at radius 1 is 1.11 bits per heavy atom. The zero-order chi connectivity index (χ0) is 19.0. The second-order valence-corrected chi connectivity index (χ2v) is 7.46. The average Bonchev–Trinajstić information content (AvgIpc) is 3.10. The zero-order valence-corrected chi connectivity index (χ0v) is 16.0. The monoisotopic (exact) mass is 363 g/mol. The first kappa shape index (κ1) is 17.6. The highest BCUT2D eigenvalue weighted by atomic mass is 16.5. The van der Waals surface area contributed by atoms with E-state index in [0.717, 1.165) is 41.4 Å². The number of ether oxygens (including phenoxy) is 1. The molecule has 0 fully saturated rings. The molecule has 5 nitrogen and oxygen atoms in total. The summed E-state index contributed by atoms with van der Waals surface area (Å²) in [6, 6.07) is 15.6. The Hall–Kier alpha value is -2.79. The Kier molecular flexibility index (Phi) is 4.62. The molecule has 0 unspecified atom stereocenters. The minimum absolute atomic E-state index is 0.157. The molecule has 2 heterocycles. The van der Waals surface area contributed by atoms with Gasteiger partial charge in [0.05, 0.1) is 24.0 Å². The lowest BCUT2D eigenvalue weighted by atomic mass is 10.1. The largest absolute Gasteiger partial charge is 0.508 e. The number of nitrogens with zero attached hydrogens (tertiary/aromatic N) is 3. The van der Waals surface area contributed by atoms with E-state index in [-0.39, 0.29) is 11.9 Å². The van der Waals surface area contributed by atoms with Crippen molar-refractivity contribution in [1.29, 1.82) is 0 Å². The van der Waals surface area contributed by atoms with Crippen LogP contribution < -0.4 is 4.74 Å². The smallest absolute Gasteiger partial charge is 0.119 e. The van der Waals surface area contributed by atoms with Crippen LogP contribution in [0.4, 0.5) is 0 Å². The number of fused-ring (bicyclic) bond motifs is 1. The predicted molar refractivity (Wildman–Crippen MR) is 106 cm³/mol. The standard InChI is InChI=1S/C22H25N3O2/c1-15(2)27-19-9-7-17(8-10-19)22-20-13-24(3)14-21(20)23-25(22)12-16-5-4-6-18(26)11-16/h4-11,15,26H,12-14H2,1-3H3. The first-order valence-electron chi connectivity index (χ1n) is 9.31. The van der Waals surface area contributed by atoms with Crippen LogP contribution in [-0.2, 0) is 19.6 Å². The number of benzene rings is 2. The Balaban J connectivity index is 1.72. The van der Waals surface area contributed by atoms with Crippen LogP contribution in [0.25, 0.3) is 11.3 Å². The molecule has 0 bridgehead atoms. The number of phenols is 1. The number of hydrogen-bond acceptors (Lipinski definition) is 4. The summed E-state index contributed by atoms with van der Waals surface area (Å²) in [5.41, 5.74) is 5.74. The molecule has 1 N–H and O–H groups in total. The lowest BCUT2D eigenvalue weighted by Crippen LogP contribution is -2.12. The van der Waals surface area contributed by atoms with Crippen molar-refractivity contribution in [3.63, 3.8) is 0 Å². The summed E-state index contributed by atoms with van der Waals surface area (Å²) in [4.78, 5) is 2.27. The second-order valence-electron chi connectivity index (χ2n) is 7.46. The summed E-state index contributed by atoms with van der Waals surface area (Å²) < 4.78 is 7.84. The fourth-order valence-electron chi connectivity index (χ4n) is 3.65. The third kappa shape index (κ3) is 3.69. The molecule has 0 aliphatic carbocycles. The van der Waals surface area contributed by atoms with Crippen LogP contribution in [0.15, 0.2) is 48.5 Å². The minimum Gasteiger partial charge on any atom is -0.508 e. The van der Waals surface area contributed by atoms with Gasteiger partial charge in [0.2, 0.25) is 0 Å². The van der Waals surface area contributed by atoms with E-state index in [0.29, 0.717) is 6.54 Å². The molecule has 3 aromatic rings. The van der Waals surface area contributed by atoms with E-state index in [4.69, 9.17) is 9.84 Å². The minimum atomic E-state index is 0.157. The Morgan fingerprint density at radius 3 is 2.59 bits per heavy atom. The number of aromatic hydroxyl groups is 1. The van der Waals surface area contributed by atoms with Gasteiger partial charge in [-0.15, -0.1) is 0 Å². The van der Waals surface area contributed by atoms with Gasteiger partial charge in [-0.25, -0.2) is 0 Å². The number of hydrogen-bond donors (Lipinski definition) is 1. The molecule has 0 saturated heterocycles. The van der Waals surface area contributed by atoms with Crippen molar-refractivity contribution in [2.75, 3.05) is 7.05 Å². The van der Waals surface area contributed by atoms with Gasteiger partial charge in [0.1, 0.15) is 11.5 Å². The fourth-order valence-corrected chi connectivity index (χ4v) is 3.65. The molecule has 0 radical (unpaired) electrons. The van der Waals surface area contributed by atoms with Crippen molar-refractivity contribution >= 4 is 0 Å². The van der Waals surface area contributed by atoms with E-state index in [9.17, 15) is 5.11 Å². The molecule has 1 aliphatic heterocycles. The maximum absolute atomic E-state index is 9.78. The van der Waals surface area contributed by atoms with Gasteiger partial charge in [0, 0.05) is 24.2 Å². The van der Waals surface area contributed by atoms with Crippen molar-refractivity contribution in [3.05, 3.63) is 65.4 Å². The molecule has 2 aromatic carbocycles. The van der Waals surface area contributed by atoms with Gasteiger partial charge in [-0.05, 0) is 62.9 Å². The molecular weight excluding hydrogens is 338 g/mol. The van der Waals surface area contributed by atoms with Crippen LogP contribution in [0.1, 0.15) is 30.7 Å². The first-order chi connectivity index (χ1) is 13.0. The van der Waals surface area contributed by atoms with Gasteiger partial charge in [-0.3, -0.25) is 9.58 Å². The van der Waals surface area contributed by atoms with Crippen LogP contribution in [0.2, 0.25) is 0 Å². The summed E-state index contributed by atoms with van der Waals surface area (Å²) in [5.74, 6) is 1.16. The Labute approximate surface area is 159 Å². The van der Waals surface area contributed by atoms with Gasteiger partial charge in [-0.2, -0.15) is 5.10 Å². The second kappa shape index (κ2) is 7.08.